The van der Waals surface area contributed by atoms with E-state index >= 15 is 0 Å². The number of rotatable bonds is 6. The fourth-order valence-corrected chi connectivity index (χ4v) is 1.80. The molecule has 0 heterocycles. The molecule has 0 unspecified atom stereocenters. The second-order valence-electron chi connectivity index (χ2n) is 4.31. The molecule has 0 aliphatic rings. The maximum atomic E-state index is 5.72. The monoisotopic (exact) mass is 257 g/mol. The van der Waals surface area contributed by atoms with E-state index in [0.29, 0.717) is 6.61 Å². The summed E-state index contributed by atoms with van der Waals surface area (Å²) in [7, 11) is 3.60. The van der Waals surface area contributed by atoms with Crippen LogP contribution < -0.4 is 14.8 Å². The average Bonchev–Trinajstić information content (AvgIpc) is 2.47. The van der Waals surface area contributed by atoms with Crippen molar-refractivity contribution in [3.8, 4) is 11.5 Å². The van der Waals surface area contributed by atoms with Crippen LogP contribution in [0.1, 0.15) is 11.1 Å². The Morgan fingerprint density at radius 3 is 2.00 bits per heavy atom. The van der Waals surface area contributed by atoms with E-state index in [2.05, 4.69) is 29.6 Å². The average molecular weight is 257 g/mol. The minimum Gasteiger partial charge on any atom is -0.497 e. The molecule has 0 spiro atoms. The molecule has 0 aromatic heterocycles. The first-order valence-electron chi connectivity index (χ1n) is 6.31. The van der Waals surface area contributed by atoms with Crippen molar-refractivity contribution >= 4 is 0 Å². The van der Waals surface area contributed by atoms with Gasteiger partial charge in [0.2, 0.25) is 0 Å². The molecule has 0 saturated carbocycles. The Bertz CT molecular complexity index is 491. The summed E-state index contributed by atoms with van der Waals surface area (Å²) < 4.78 is 10.8. The predicted molar refractivity (Wildman–Crippen MR) is 76.5 cm³/mol. The van der Waals surface area contributed by atoms with Crippen LogP contribution in [0.5, 0.6) is 11.5 Å². The summed E-state index contributed by atoms with van der Waals surface area (Å²) in [5.41, 5.74) is 2.44. The van der Waals surface area contributed by atoms with Crippen molar-refractivity contribution in [1.82, 2.24) is 5.32 Å². The van der Waals surface area contributed by atoms with Gasteiger partial charge in [-0.1, -0.05) is 24.3 Å². The minimum atomic E-state index is 0.576. The van der Waals surface area contributed by atoms with Gasteiger partial charge in [-0.15, -0.1) is 0 Å². The standard InChI is InChI=1S/C16H19NO2/c1-17-11-13-3-5-14(6-4-13)12-19-16-9-7-15(18-2)8-10-16/h3-10,17H,11-12H2,1-2H3. The maximum absolute atomic E-state index is 5.72. The smallest absolute Gasteiger partial charge is 0.120 e. The highest BCUT2D eigenvalue weighted by molar-refractivity contribution is 5.31. The molecule has 3 nitrogen and oxygen atoms in total. The normalized spacial score (nSPS) is 10.2. The van der Waals surface area contributed by atoms with Crippen molar-refractivity contribution in [3.05, 3.63) is 59.7 Å². The number of benzene rings is 2. The first-order chi connectivity index (χ1) is 9.31. The molecular weight excluding hydrogens is 238 g/mol. The summed E-state index contributed by atoms with van der Waals surface area (Å²) in [5, 5.41) is 3.13. The zero-order valence-electron chi connectivity index (χ0n) is 11.3. The zero-order valence-corrected chi connectivity index (χ0v) is 11.3. The van der Waals surface area contributed by atoms with Gasteiger partial charge in [0.1, 0.15) is 18.1 Å². The molecule has 3 heteroatoms. The second-order valence-corrected chi connectivity index (χ2v) is 4.31. The van der Waals surface area contributed by atoms with Gasteiger partial charge in [0, 0.05) is 6.54 Å². The highest BCUT2D eigenvalue weighted by Crippen LogP contribution is 2.18. The third-order valence-corrected chi connectivity index (χ3v) is 2.87. The van der Waals surface area contributed by atoms with Crippen molar-refractivity contribution in [2.75, 3.05) is 14.2 Å². The van der Waals surface area contributed by atoms with Gasteiger partial charge in [0.05, 0.1) is 7.11 Å². The lowest BCUT2D eigenvalue weighted by Crippen LogP contribution is -2.05. The first-order valence-corrected chi connectivity index (χ1v) is 6.31. The molecule has 2 aromatic rings. The number of ether oxygens (including phenoxy) is 2. The summed E-state index contributed by atoms with van der Waals surface area (Å²) in [6.45, 7) is 1.46. The summed E-state index contributed by atoms with van der Waals surface area (Å²) in [5.74, 6) is 1.68. The van der Waals surface area contributed by atoms with Crippen LogP contribution in [0, 0.1) is 0 Å². The quantitative estimate of drug-likeness (QED) is 0.863. The minimum absolute atomic E-state index is 0.576. The van der Waals surface area contributed by atoms with Gasteiger partial charge in [-0.05, 0) is 42.4 Å². The van der Waals surface area contributed by atoms with E-state index in [1.807, 2.05) is 31.3 Å². The van der Waals surface area contributed by atoms with Crippen LogP contribution in [0.4, 0.5) is 0 Å². The largest absolute Gasteiger partial charge is 0.497 e. The third kappa shape index (κ3) is 4.00. The van der Waals surface area contributed by atoms with E-state index in [1.165, 1.54) is 5.56 Å². The van der Waals surface area contributed by atoms with Gasteiger partial charge in [-0.3, -0.25) is 0 Å². The Balaban J connectivity index is 1.90. The van der Waals surface area contributed by atoms with Crippen molar-refractivity contribution < 1.29 is 9.47 Å². The zero-order chi connectivity index (χ0) is 13.5. The Kier molecular flexibility index (Phi) is 4.81. The van der Waals surface area contributed by atoms with Gasteiger partial charge in [0.25, 0.3) is 0 Å². The number of hydrogen-bond donors (Lipinski definition) is 1. The van der Waals surface area contributed by atoms with E-state index in [9.17, 15) is 0 Å². The molecule has 19 heavy (non-hydrogen) atoms. The highest BCUT2D eigenvalue weighted by atomic mass is 16.5. The van der Waals surface area contributed by atoms with Crippen LogP contribution in [0.3, 0.4) is 0 Å². The molecule has 1 N–H and O–H groups in total. The van der Waals surface area contributed by atoms with Gasteiger partial charge in [-0.25, -0.2) is 0 Å². The Morgan fingerprint density at radius 1 is 0.842 bits per heavy atom. The van der Waals surface area contributed by atoms with Crippen LogP contribution in [0.15, 0.2) is 48.5 Å². The van der Waals surface area contributed by atoms with E-state index in [0.717, 1.165) is 23.6 Å². The number of hydrogen-bond acceptors (Lipinski definition) is 3. The van der Waals surface area contributed by atoms with E-state index < -0.39 is 0 Å². The van der Waals surface area contributed by atoms with Crippen molar-refractivity contribution in [3.63, 3.8) is 0 Å². The van der Waals surface area contributed by atoms with Crippen LogP contribution in [0.25, 0.3) is 0 Å². The fraction of sp³-hybridized carbons (Fsp3) is 0.250. The number of methoxy groups -OCH3 is 1. The molecule has 2 rings (SSSR count). The highest BCUT2D eigenvalue weighted by Gasteiger charge is 1.98. The second kappa shape index (κ2) is 6.81. The lowest BCUT2D eigenvalue weighted by Gasteiger charge is -2.08. The van der Waals surface area contributed by atoms with Crippen LogP contribution >= 0.6 is 0 Å². The molecule has 0 aliphatic carbocycles. The van der Waals surface area contributed by atoms with Gasteiger partial charge < -0.3 is 14.8 Å². The van der Waals surface area contributed by atoms with Crippen LogP contribution in [-0.2, 0) is 13.2 Å². The molecule has 100 valence electrons. The van der Waals surface area contributed by atoms with Crippen molar-refractivity contribution in [2.24, 2.45) is 0 Å². The molecule has 0 saturated heterocycles. The van der Waals surface area contributed by atoms with Crippen LogP contribution in [-0.4, -0.2) is 14.2 Å². The van der Waals surface area contributed by atoms with Crippen LogP contribution in [0.2, 0.25) is 0 Å². The fourth-order valence-electron chi connectivity index (χ4n) is 1.80. The van der Waals surface area contributed by atoms with E-state index in [1.54, 1.807) is 7.11 Å². The first kappa shape index (κ1) is 13.4. The molecule has 0 amide bonds. The van der Waals surface area contributed by atoms with Gasteiger partial charge in [0.15, 0.2) is 0 Å². The molecule has 0 bridgehead atoms. The Labute approximate surface area is 114 Å². The lowest BCUT2D eigenvalue weighted by molar-refractivity contribution is 0.305. The van der Waals surface area contributed by atoms with Crippen molar-refractivity contribution in [2.45, 2.75) is 13.2 Å². The summed E-state index contributed by atoms with van der Waals surface area (Å²) in [6.07, 6.45) is 0. The SMILES string of the molecule is CNCc1ccc(COc2ccc(OC)cc2)cc1. The van der Waals surface area contributed by atoms with E-state index in [-0.39, 0.29) is 0 Å². The molecule has 2 aromatic carbocycles. The van der Waals surface area contributed by atoms with Gasteiger partial charge in [-0.2, -0.15) is 0 Å². The molecule has 0 aliphatic heterocycles. The Hall–Kier alpha value is -2.00. The molecular formula is C16H19NO2. The van der Waals surface area contributed by atoms with E-state index in [4.69, 9.17) is 9.47 Å². The molecule has 0 fully saturated rings. The lowest BCUT2D eigenvalue weighted by atomic mass is 10.1. The summed E-state index contributed by atoms with van der Waals surface area (Å²) in [4.78, 5) is 0. The Morgan fingerprint density at radius 2 is 1.42 bits per heavy atom. The van der Waals surface area contributed by atoms with Crippen molar-refractivity contribution in [1.29, 1.82) is 0 Å². The summed E-state index contributed by atoms with van der Waals surface area (Å²) >= 11 is 0. The predicted octanol–water partition coefficient (Wildman–Crippen LogP) is 2.99. The summed E-state index contributed by atoms with van der Waals surface area (Å²) in [6, 6.07) is 16.0. The number of nitrogens with one attached hydrogen (secondary N) is 1. The third-order valence-electron chi connectivity index (χ3n) is 2.87. The molecule has 0 atom stereocenters. The molecule has 0 radical (unpaired) electrons. The topological polar surface area (TPSA) is 30.5 Å². The van der Waals surface area contributed by atoms with Gasteiger partial charge >= 0.3 is 0 Å². The maximum Gasteiger partial charge on any atom is 0.120 e.